The number of rotatable bonds is 6. The molecule has 1 radical (unpaired) electrons. The van der Waals surface area contributed by atoms with Gasteiger partial charge in [-0.2, -0.15) is 0 Å². The third-order valence-corrected chi connectivity index (χ3v) is 5.09. The van der Waals surface area contributed by atoms with Gasteiger partial charge >= 0.3 is 80.8 Å². The molecule has 1 heterocycles. The fourth-order valence-corrected chi connectivity index (χ4v) is 3.39. The van der Waals surface area contributed by atoms with Gasteiger partial charge in [-0.1, -0.05) is 30.3 Å². The Morgan fingerprint density at radius 1 is 1.06 bits per heavy atom. The van der Waals surface area contributed by atoms with Crippen LogP contribution >= 0.6 is 0 Å². The molecule has 0 aromatic heterocycles. The molecule has 2 unspecified atom stereocenters. The number of hydrogen-bond acceptors (Lipinski definition) is 6. The zero-order valence-electron chi connectivity index (χ0n) is 23.1. The summed E-state index contributed by atoms with van der Waals surface area (Å²) in [5, 5.41) is 0. The standard InChI is InChI=1S/C23H27O4.C3H6O2.2CH3.Ac.Cs/c1-4-25-21-9-6-18(7-10-21)13-20-14-19(8-5-16(20)2)23-15-22(11-12-26-23)27-17(3)24;1-3(4)5-2;;;;/h5-10,12,14,22-23H,4,11,13,15H2,1-3H3;1-2H3;2*1H3;;/q-1;;2*-1;;+1. The number of methoxy groups -OCH3 is 1. The van der Waals surface area contributed by atoms with Crippen LogP contribution in [0.2, 0.25) is 0 Å². The van der Waals surface area contributed by atoms with Crippen LogP contribution in [0.15, 0.2) is 42.5 Å². The van der Waals surface area contributed by atoms with E-state index in [9.17, 15) is 9.59 Å². The number of ether oxygens (including phenoxy) is 4. The topological polar surface area (TPSA) is 71.1 Å². The summed E-state index contributed by atoms with van der Waals surface area (Å²) < 4.78 is 20.8. The van der Waals surface area contributed by atoms with E-state index in [4.69, 9.17) is 14.2 Å². The van der Waals surface area contributed by atoms with Crippen LogP contribution in [0, 0.1) is 72.4 Å². The molecule has 3 rings (SSSR count). The van der Waals surface area contributed by atoms with E-state index in [0.717, 1.165) is 17.7 Å². The number of aryl methyl sites for hydroxylation is 1. The molecule has 193 valence electrons. The van der Waals surface area contributed by atoms with E-state index in [-0.39, 0.29) is 152 Å². The summed E-state index contributed by atoms with van der Waals surface area (Å²) in [5.41, 5.74) is 4.89. The van der Waals surface area contributed by atoms with Gasteiger partial charge in [0.15, 0.2) is 0 Å². The Hall–Kier alpha value is 0.634. The molecule has 0 saturated carbocycles. The van der Waals surface area contributed by atoms with Gasteiger partial charge in [0.05, 0.1) is 25.9 Å². The first kappa shape index (κ1) is 41.1. The molecule has 6 nitrogen and oxygen atoms in total. The van der Waals surface area contributed by atoms with Gasteiger partial charge in [-0.3, -0.25) is 9.59 Å². The Morgan fingerprint density at radius 2 is 1.67 bits per heavy atom. The van der Waals surface area contributed by atoms with Crippen LogP contribution in [0.5, 0.6) is 5.75 Å². The van der Waals surface area contributed by atoms with E-state index >= 15 is 0 Å². The first-order chi connectivity index (χ1) is 15.3. The molecule has 0 aliphatic carbocycles. The second-order valence-corrected chi connectivity index (χ2v) is 7.63. The van der Waals surface area contributed by atoms with Crippen molar-refractivity contribution in [3.63, 3.8) is 0 Å². The van der Waals surface area contributed by atoms with Crippen molar-refractivity contribution < 1.29 is 141 Å². The van der Waals surface area contributed by atoms with Crippen LogP contribution in [0.25, 0.3) is 0 Å². The van der Waals surface area contributed by atoms with Gasteiger partial charge in [-0.15, -0.1) is 6.42 Å². The predicted molar refractivity (Wildman–Crippen MR) is 135 cm³/mol. The molecule has 2 aromatic carbocycles. The molecule has 0 bridgehead atoms. The molecule has 1 aliphatic rings. The number of carbonyl (C=O) groups is 2. The molecule has 2 aromatic rings. The fourth-order valence-electron chi connectivity index (χ4n) is 3.39. The second kappa shape index (κ2) is 22.4. The minimum absolute atomic E-state index is 0. The number of hydrogen-bond donors (Lipinski definition) is 0. The van der Waals surface area contributed by atoms with E-state index in [1.807, 2.05) is 19.1 Å². The zero-order valence-corrected chi connectivity index (χ0v) is 34.2. The van der Waals surface area contributed by atoms with Gasteiger partial charge < -0.3 is 33.8 Å². The van der Waals surface area contributed by atoms with Crippen LogP contribution in [0.4, 0.5) is 0 Å². The quantitative estimate of drug-likeness (QED) is 0.330. The van der Waals surface area contributed by atoms with E-state index < -0.39 is 0 Å². The third-order valence-electron chi connectivity index (χ3n) is 5.09. The molecule has 0 N–H and O–H groups in total. The van der Waals surface area contributed by atoms with E-state index in [1.165, 1.54) is 37.6 Å². The third kappa shape index (κ3) is 15.3. The molecule has 0 spiro atoms. The minimum Gasteiger partial charge on any atom is -0.546 e. The normalized spacial score (nSPS) is 15.6. The molecule has 0 amide bonds. The van der Waals surface area contributed by atoms with Gasteiger partial charge in [0.2, 0.25) is 0 Å². The van der Waals surface area contributed by atoms with Crippen molar-refractivity contribution in [1.29, 1.82) is 0 Å². The van der Waals surface area contributed by atoms with Crippen molar-refractivity contribution in [1.82, 2.24) is 0 Å². The van der Waals surface area contributed by atoms with E-state index in [0.29, 0.717) is 19.4 Å². The Bertz CT molecular complexity index is 888. The minimum atomic E-state index is -0.245. The predicted octanol–water partition coefficient (Wildman–Crippen LogP) is 3.01. The average Bonchev–Trinajstić information content (AvgIpc) is 2.77. The van der Waals surface area contributed by atoms with Crippen LogP contribution in [0.1, 0.15) is 62.0 Å². The summed E-state index contributed by atoms with van der Waals surface area (Å²) in [6.07, 6.45) is 1.98. The van der Waals surface area contributed by atoms with Gasteiger partial charge in [0.1, 0.15) is 5.75 Å². The van der Waals surface area contributed by atoms with E-state index in [2.05, 4.69) is 42.0 Å². The van der Waals surface area contributed by atoms with Crippen LogP contribution in [0.3, 0.4) is 0 Å². The van der Waals surface area contributed by atoms with Crippen molar-refractivity contribution in [2.24, 2.45) is 0 Å². The smallest absolute Gasteiger partial charge is 0.546 e. The van der Waals surface area contributed by atoms with Crippen molar-refractivity contribution in [2.75, 3.05) is 13.7 Å². The summed E-state index contributed by atoms with van der Waals surface area (Å²) in [7, 11) is 1.35. The summed E-state index contributed by atoms with van der Waals surface area (Å²) in [4.78, 5) is 20.8. The molecule has 1 aliphatic heterocycles. The Morgan fingerprint density at radius 3 is 2.19 bits per heavy atom. The first-order valence-electron chi connectivity index (χ1n) is 10.8. The molecule has 1 saturated heterocycles. The largest absolute Gasteiger partial charge is 1.00 e. The molecule has 8 heteroatoms. The van der Waals surface area contributed by atoms with Crippen molar-refractivity contribution in [3.8, 4) is 5.75 Å². The van der Waals surface area contributed by atoms with E-state index in [1.54, 1.807) is 6.61 Å². The maximum Gasteiger partial charge on any atom is 1.00 e. The maximum atomic E-state index is 11.2. The van der Waals surface area contributed by atoms with Crippen molar-refractivity contribution >= 4 is 11.9 Å². The number of carbonyl (C=O) groups excluding carboxylic acids is 2. The van der Waals surface area contributed by atoms with Gasteiger partial charge in [-0.05, 0) is 54.7 Å². The number of esters is 2. The Balaban J connectivity index is -0.00000111. The number of benzene rings is 2. The average molecular weight is 832 g/mol. The summed E-state index contributed by atoms with van der Waals surface area (Å²) in [6, 6.07) is 14.7. The van der Waals surface area contributed by atoms with Gasteiger partial charge in [-0.25, -0.2) is 6.61 Å². The van der Waals surface area contributed by atoms with Crippen molar-refractivity contribution in [2.45, 2.75) is 59.2 Å². The summed E-state index contributed by atoms with van der Waals surface area (Å²) >= 11 is 0. The maximum absolute atomic E-state index is 11.2. The molecule has 1 fully saturated rings. The molecular weight excluding hydrogens is 792 g/mol. The Kier molecular flexibility index (Phi) is 25.6. The zero-order chi connectivity index (χ0) is 23.5. The Labute approximate surface area is 312 Å². The van der Waals surface area contributed by atoms with Gasteiger partial charge in [0, 0.05) is 64.3 Å². The molecular formula is C28H39AcCsO6-2. The van der Waals surface area contributed by atoms with Crippen LogP contribution in [-0.2, 0) is 30.2 Å². The summed E-state index contributed by atoms with van der Waals surface area (Å²) in [6.45, 7) is 9.36. The first-order valence-corrected chi connectivity index (χ1v) is 10.8. The monoisotopic (exact) mass is 831 g/mol. The second-order valence-electron chi connectivity index (χ2n) is 7.63. The van der Waals surface area contributed by atoms with Crippen LogP contribution in [-0.4, -0.2) is 31.8 Å². The fraction of sp³-hybridized carbons (Fsp3) is 0.393. The van der Waals surface area contributed by atoms with Crippen molar-refractivity contribution in [3.05, 3.63) is 86.2 Å². The van der Waals surface area contributed by atoms with Crippen LogP contribution < -0.4 is 73.6 Å². The van der Waals surface area contributed by atoms with Gasteiger partial charge in [0.25, 0.3) is 0 Å². The molecule has 36 heavy (non-hydrogen) atoms. The SMILES string of the molecule is CCOc1ccc(Cc2cc(C3CC(OC(C)=O)C[CH-]O3)ccc2C)cc1.COC(C)=O.[Ac].[CH3-].[CH3-].[Cs+]. The molecule has 2 atom stereocenters. The summed E-state index contributed by atoms with van der Waals surface area (Å²) in [5.74, 6) is 0.411.